The van der Waals surface area contributed by atoms with E-state index in [-0.39, 0.29) is 27.3 Å². The first-order chi connectivity index (χ1) is 10.6. The summed E-state index contributed by atoms with van der Waals surface area (Å²) in [5.41, 5.74) is 0.0756. The van der Waals surface area contributed by atoms with Gasteiger partial charge in [-0.1, -0.05) is 24.3 Å². The van der Waals surface area contributed by atoms with E-state index < -0.39 is 5.97 Å². The maximum absolute atomic E-state index is 11.5. The first-order valence-corrected chi connectivity index (χ1v) is 6.43. The van der Waals surface area contributed by atoms with E-state index in [0.717, 1.165) is 5.39 Å². The van der Waals surface area contributed by atoms with Gasteiger partial charge in [-0.3, -0.25) is 9.59 Å². The van der Waals surface area contributed by atoms with Gasteiger partial charge in [-0.15, -0.1) is 0 Å². The third kappa shape index (κ3) is 1.69. The van der Waals surface area contributed by atoms with E-state index in [0.29, 0.717) is 29.6 Å². The van der Waals surface area contributed by atoms with Gasteiger partial charge in [0.25, 0.3) is 0 Å². The van der Waals surface area contributed by atoms with Gasteiger partial charge in [-0.25, -0.2) is 4.79 Å². The van der Waals surface area contributed by atoms with Gasteiger partial charge in [0.2, 0.25) is 0 Å². The summed E-state index contributed by atoms with van der Waals surface area (Å²) in [7, 11) is 0. The number of aliphatic hydroxyl groups is 1. The number of hydrogen-bond acceptors (Lipinski definition) is 4. The smallest absolute Gasteiger partial charge is 0.336 e. The normalized spacial score (nSPS) is 11.9. The maximum atomic E-state index is 11.5. The molecule has 22 heavy (non-hydrogen) atoms. The van der Waals surface area contributed by atoms with Gasteiger partial charge in [-0.05, 0) is 22.2 Å². The van der Waals surface area contributed by atoms with E-state index >= 15 is 0 Å². The molecule has 0 heterocycles. The van der Waals surface area contributed by atoms with E-state index in [9.17, 15) is 24.6 Å². The minimum absolute atomic E-state index is 0.0220. The monoisotopic (exact) mass is 294 g/mol. The van der Waals surface area contributed by atoms with Crippen molar-refractivity contribution in [2.24, 2.45) is 0 Å². The highest BCUT2D eigenvalue weighted by atomic mass is 16.4. The molecule has 0 atom stereocenters. The van der Waals surface area contributed by atoms with E-state index in [2.05, 4.69) is 0 Å². The number of carbonyl (C=O) groups excluding carboxylic acids is 2. The summed E-state index contributed by atoms with van der Waals surface area (Å²) in [6, 6.07) is 8.20. The first-order valence-electron chi connectivity index (χ1n) is 6.43. The Labute approximate surface area is 124 Å². The van der Waals surface area contributed by atoms with Crippen LogP contribution in [0.3, 0.4) is 0 Å². The first kappa shape index (κ1) is 13.8. The van der Waals surface area contributed by atoms with E-state index in [1.54, 1.807) is 24.3 Å². The SMILES string of the molecule is O=Cc1c(C=O)c2cccc3ccc(C(=O)O)c(c1=CO)c32. The van der Waals surface area contributed by atoms with E-state index in [1.165, 1.54) is 6.07 Å². The number of carboxylic acid groups (broad SMARTS) is 1. The highest BCUT2D eigenvalue weighted by Crippen LogP contribution is 2.30. The molecule has 0 unspecified atom stereocenters. The summed E-state index contributed by atoms with van der Waals surface area (Å²) in [6.45, 7) is 0. The highest BCUT2D eigenvalue weighted by molar-refractivity contribution is 6.22. The van der Waals surface area contributed by atoms with Crippen LogP contribution >= 0.6 is 0 Å². The second kappa shape index (κ2) is 4.96. The fraction of sp³-hybridized carbons (Fsp3) is 0. The van der Waals surface area contributed by atoms with Gasteiger partial charge in [0.1, 0.15) is 0 Å². The highest BCUT2D eigenvalue weighted by Gasteiger charge is 2.19. The molecule has 0 aliphatic heterocycles. The van der Waals surface area contributed by atoms with Gasteiger partial charge in [0.15, 0.2) is 12.6 Å². The van der Waals surface area contributed by atoms with Crippen LogP contribution < -0.4 is 5.22 Å². The molecule has 108 valence electrons. The average Bonchev–Trinajstić information content (AvgIpc) is 2.54. The zero-order valence-electron chi connectivity index (χ0n) is 11.2. The molecule has 5 nitrogen and oxygen atoms in total. The lowest BCUT2D eigenvalue weighted by Gasteiger charge is -2.13. The fourth-order valence-corrected chi connectivity index (χ4v) is 2.87. The molecule has 0 aliphatic rings. The largest absolute Gasteiger partial charge is 0.515 e. The predicted octanol–water partition coefficient (Wildman–Crippen LogP) is 2.33. The average molecular weight is 294 g/mol. The summed E-state index contributed by atoms with van der Waals surface area (Å²) >= 11 is 0. The molecular weight excluding hydrogens is 284 g/mol. The summed E-state index contributed by atoms with van der Waals surface area (Å²) in [5.74, 6) is -1.18. The van der Waals surface area contributed by atoms with Gasteiger partial charge < -0.3 is 10.2 Å². The lowest BCUT2D eigenvalue weighted by atomic mass is 9.89. The number of rotatable bonds is 3. The van der Waals surface area contributed by atoms with Crippen LogP contribution in [0.4, 0.5) is 0 Å². The molecule has 0 aromatic heterocycles. The Kier molecular flexibility index (Phi) is 3.10. The number of aldehydes is 2. The molecule has 0 bridgehead atoms. The number of carboxylic acids is 1. The fourth-order valence-electron chi connectivity index (χ4n) is 2.87. The molecule has 3 aromatic rings. The quantitative estimate of drug-likeness (QED) is 0.723. The molecule has 0 radical (unpaired) electrons. The van der Waals surface area contributed by atoms with Crippen molar-refractivity contribution in [3.8, 4) is 0 Å². The molecule has 2 N–H and O–H groups in total. The van der Waals surface area contributed by atoms with E-state index in [1.807, 2.05) is 0 Å². The van der Waals surface area contributed by atoms with Crippen LogP contribution in [0.25, 0.3) is 27.8 Å². The number of aromatic carboxylic acids is 1. The second-order valence-electron chi connectivity index (χ2n) is 4.80. The molecule has 3 rings (SSSR count). The lowest BCUT2D eigenvalue weighted by molar-refractivity contribution is 0.0698. The Bertz CT molecular complexity index is 1000. The Balaban J connectivity index is 2.81. The summed E-state index contributed by atoms with van der Waals surface area (Å²) in [4.78, 5) is 34.3. The zero-order valence-corrected chi connectivity index (χ0v) is 11.2. The molecular formula is C17H10O5. The van der Waals surface area contributed by atoms with Crippen LogP contribution in [0.2, 0.25) is 0 Å². The van der Waals surface area contributed by atoms with Crippen LogP contribution in [0.15, 0.2) is 30.3 Å². The number of benzene rings is 3. The van der Waals surface area contributed by atoms with Crippen molar-refractivity contribution < 1.29 is 24.6 Å². The minimum atomic E-state index is -1.18. The molecule has 3 aromatic carbocycles. The van der Waals surface area contributed by atoms with Crippen LogP contribution in [-0.2, 0) is 0 Å². The third-order valence-electron chi connectivity index (χ3n) is 3.78. The summed E-state index contributed by atoms with van der Waals surface area (Å²) in [5, 5.41) is 20.9. The third-order valence-corrected chi connectivity index (χ3v) is 3.78. The second-order valence-corrected chi connectivity index (χ2v) is 4.80. The standard InChI is InChI=1S/C17H10O5/c18-6-12-10-3-1-2-9-4-5-11(17(21)22)16(15(9)10)14(8-20)13(12)7-19/h1-8,20H,(H,21,22). The van der Waals surface area contributed by atoms with Crippen molar-refractivity contribution in [1.29, 1.82) is 0 Å². The van der Waals surface area contributed by atoms with Crippen LogP contribution in [0, 0.1) is 0 Å². The van der Waals surface area contributed by atoms with Gasteiger partial charge in [-0.2, -0.15) is 0 Å². The van der Waals surface area contributed by atoms with Gasteiger partial charge >= 0.3 is 5.97 Å². The number of aliphatic hydroxyl groups excluding tert-OH is 1. The molecule has 0 fully saturated rings. The molecule has 0 saturated heterocycles. The molecule has 0 aliphatic carbocycles. The van der Waals surface area contributed by atoms with Crippen molar-refractivity contribution in [2.75, 3.05) is 0 Å². The lowest BCUT2D eigenvalue weighted by Crippen LogP contribution is -2.17. The van der Waals surface area contributed by atoms with Crippen molar-refractivity contribution in [1.82, 2.24) is 0 Å². The Morgan fingerprint density at radius 2 is 1.68 bits per heavy atom. The Morgan fingerprint density at radius 1 is 0.955 bits per heavy atom. The molecule has 0 saturated carbocycles. The van der Waals surface area contributed by atoms with Crippen LogP contribution in [0.1, 0.15) is 31.1 Å². The topological polar surface area (TPSA) is 91.7 Å². The Morgan fingerprint density at radius 3 is 2.27 bits per heavy atom. The van der Waals surface area contributed by atoms with Crippen molar-refractivity contribution in [2.45, 2.75) is 0 Å². The van der Waals surface area contributed by atoms with Gasteiger partial charge in [0.05, 0.1) is 11.8 Å². The molecule has 5 heteroatoms. The molecule has 0 amide bonds. The predicted molar refractivity (Wildman–Crippen MR) is 81.5 cm³/mol. The summed E-state index contributed by atoms with van der Waals surface area (Å²) in [6.07, 6.45) is 1.66. The van der Waals surface area contributed by atoms with Gasteiger partial charge in [0, 0.05) is 21.7 Å². The van der Waals surface area contributed by atoms with Crippen molar-refractivity contribution in [3.63, 3.8) is 0 Å². The van der Waals surface area contributed by atoms with Crippen LogP contribution in [-0.4, -0.2) is 28.8 Å². The summed E-state index contributed by atoms with van der Waals surface area (Å²) < 4.78 is 0. The maximum Gasteiger partial charge on any atom is 0.336 e. The van der Waals surface area contributed by atoms with Crippen LogP contribution in [0.5, 0.6) is 0 Å². The molecule has 0 spiro atoms. The number of hydrogen-bond donors (Lipinski definition) is 2. The zero-order chi connectivity index (χ0) is 15.9. The Hall–Kier alpha value is -3.21. The number of carbonyl (C=O) groups is 3. The van der Waals surface area contributed by atoms with E-state index in [4.69, 9.17) is 0 Å². The van der Waals surface area contributed by atoms with Crippen molar-refractivity contribution in [3.05, 3.63) is 52.2 Å². The van der Waals surface area contributed by atoms with Crippen molar-refractivity contribution >= 4 is 46.3 Å². The minimum Gasteiger partial charge on any atom is -0.515 e.